The van der Waals surface area contributed by atoms with Crippen LogP contribution in [0, 0.1) is 11.3 Å². The fraction of sp³-hybridized carbons (Fsp3) is 0.611. The van der Waals surface area contributed by atoms with E-state index in [0.29, 0.717) is 16.0 Å². The largest absolute Gasteiger partial charge is 0.371 e. The van der Waals surface area contributed by atoms with Crippen LogP contribution in [0.15, 0.2) is 18.2 Å². The van der Waals surface area contributed by atoms with E-state index in [1.54, 1.807) is 6.92 Å². The molecule has 0 saturated carbocycles. The molecule has 1 fully saturated rings. The molecule has 0 N–H and O–H groups in total. The molecule has 0 aliphatic carbocycles. The second-order valence-corrected chi connectivity index (χ2v) is 7.61. The van der Waals surface area contributed by atoms with E-state index in [2.05, 4.69) is 25.7 Å². The Balaban J connectivity index is 2.13. The number of ketones is 1. The van der Waals surface area contributed by atoms with Crippen LogP contribution in [0.1, 0.15) is 57.3 Å². The number of hydrogen-bond donors (Lipinski definition) is 0. The van der Waals surface area contributed by atoms with Crippen molar-refractivity contribution in [1.29, 1.82) is 0 Å². The highest BCUT2D eigenvalue weighted by atomic mass is 35.5. The van der Waals surface area contributed by atoms with Gasteiger partial charge in [0.25, 0.3) is 0 Å². The van der Waals surface area contributed by atoms with Crippen LogP contribution < -0.4 is 4.90 Å². The van der Waals surface area contributed by atoms with Crippen molar-refractivity contribution < 1.29 is 4.79 Å². The molecule has 0 radical (unpaired) electrons. The Morgan fingerprint density at radius 3 is 2.52 bits per heavy atom. The van der Waals surface area contributed by atoms with Crippen molar-refractivity contribution in [1.82, 2.24) is 0 Å². The van der Waals surface area contributed by atoms with Crippen LogP contribution >= 0.6 is 11.6 Å². The number of hydrogen-bond acceptors (Lipinski definition) is 2. The summed E-state index contributed by atoms with van der Waals surface area (Å²) in [6.07, 6.45) is 3.73. The molecule has 1 aliphatic rings. The number of rotatable bonds is 2. The summed E-state index contributed by atoms with van der Waals surface area (Å²) in [5.74, 6) is 0.796. The fourth-order valence-corrected chi connectivity index (χ4v) is 3.51. The number of carbonyl (C=O) groups is 1. The minimum atomic E-state index is 0.0233. The van der Waals surface area contributed by atoms with E-state index in [-0.39, 0.29) is 5.78 Å². The van der Waals surface area contributed by atoms with Gasteiger partial charge in [0.05, 0.1) is 5.02 Å². The Morgan fingerprint density at radius 1 is 1.24 bits per heavy atom. The van der Waals surface area contributed by atoms with Crippen LogP contribution in [0.5, 0.6) is 0 Å². The van der Waals surface area contributed by atoms with Gasteiger partial charge in [-0.15, -0.1) is 0 Å². The number of benzene rings is 1. The summed E-state index contributed by atoms with van der Waals surface area (Å²) >= 11 is 6.24. The number of nitrogens with zero attached hydrogens (tertiary/aromatic N) is 1. The van der Waals surface area contributed by atoms with E-state index in [4.69, 9.17) is 11.6 Å². The van der Waals surface area contributed by atoms with Gasteiger partial charge in [0.2, 0.25) is 0 Å². The van der Waals surface area contributed by atoms with Crippen molar-refractivity contribution in [3.05, 3.63) is 28.8 Å². The van der Waals surface area contributed by atoms with Gasteiger partial charge in [-0.2, -0.15) is 0 Å². The second-order valence-electron chi connectivity index (χ2n) is 7.20. The van der Waals surface area contributed by atoms with Gasteiger partial charge in [-0.25, -0.2) is 0 Å². The van der Waals surface area contributed by atoms with Crippen LogP contribution in [-0.4, -0.2) is 18.9 Å². The summed E-state index contributed by atoms with van der Waals surface area (Å²) in [5.41, 5.74) is 2.13. The molecule has 2 nitrogen and oxygen atoms in total. The molecule has 3 heteroatoms. The lowest BCUT2D eigenvalue weighted by Gasteiger charge is -2.30. The Morgan fingerprint density at radius 2 is 1.95 bits per heavy atom. The minimum Gasteiger partial charge on any atom is -0.371 e. The van der Waals surface area contributed by atoms with Crippen molar-refractivity contribution in [3.8, 4) is 0 Å². The molecule has 21 heavy (non-hydrogen) atoms. The van der Waals surface area contributed by atoms with Crippen molar-refractivity contribution >= 4 is 23.1 Å². The molecule has 2 rings (SSSR count). The van der Waals surface area contributed by atoms with Crippen molar-refractivity contribution in [2.45, 2.75) is 47.0 Å². The van der Waals surface area contributed by atoms with Crippen molar-refractivity contribution in [2.75, 3.05) is 18.0 Å². The third-order valence-electron chi connectivity index (χ3n) is 4.65. The van der Waals surface area contributed by atoms with Crippen molar-refractivity contribution in [2.24, 2.45) is 11.3 Å². The second kappa shape index (κ2) is 6.39. The molecular formula is C18H26ClNO. The van der Waals surface area contributed by atoms with E-state index in [1.165, 1.54) is 19.3 Å². The lowest BCUT2D eigenvalue weighted by atomic mass is 9.77. The Hall–Kier alpha value is -1.02. The van der Waals surface area contributed by atoms with Gasteiger partial charge in [0.15, 0.2) is 5.78 Å². The summed E-state index contributed by atoms with van der Waals surface area (Å²) in [7, 11) is 0. The van der Waals surface area contributed by atoms with Crippen LogP contribution in [0.25, 0.3) is 0 Å². The number of anilines is 1. The van der Waals surface area contributed by atoms with Crippen LogP contribution in [0.4, 0.5) is 5.69 Å². The first-order valence-corrected chi connectivity index (χ1v) is 8.22. The fourth-order valence-electron chi connectivity index (χ4n) is 3.21. The molecule has 0 bridgehead atoms. The zero-order valence-electron chi connectivity index (χ0n) is 13.6. The van der Waals surface area contributed by atoms with E-state index in [9.17, 15) is 4.79 Å². The number of carbonyl (C=O) groups excluding carboxylic acids is 1. The zero-order valence-corrected chi connectivity index (χ0v) is 14.3. The third kappa shape index (κ3) is 4.00. The average Bonchev–Trinajstić information content (AvgIpc) is 2.63. The molecule has 0 amide bonds. The Bertz CT molecular complexity index is 518. The standard InChI is InChI=1S/C18H26ClNO/c1-13(21)16-8-7-15(12-17(16)19)20-10-5-6-14(9-11-20)18(2,3)4/h7-8,12,14H,5-6,9-11H2,1-4H3. The van der Waals surface area contributed by atoms with Gasteiger partial charge < -0.3 is 4.90 Å². The first-order valence-electron chi connectivity index (χ1n) is 7.84. The highest BCUT2D eigenvalue weighted by Crippen LogP contribution is 2.35. The van der Waals surface area contributed by atoms with Gasteiger partial charge in [-0.05, 0) is 55.7 Å². The van der Waals surface area contributed by atoms with Gasteiger partial charge in [0.1, 0.15) is 0 Å². The van der Waals surface area contributed by atoms with E-state index in [0.717, 1.165) is 24.7 Å². The third-order valence-corrected chi connectivity index (χ3v) is 4.96. The first-order chi connectivity index (χ1) is 9.79. The summed E-state index contributed by atoms with van der Waals surface area (Å²) in [5, 5.41) is 0.566. The van der Waals surface area contributed by atoms with E-state index < -0.39 is 0 Å². The molecule has 1 unspecified atom stereocenters. The molecule has 1 atom stereocenters. The zero-order chi connectivity index (χ0) is 15.6. The van der Waals surface area contributed by atoms with E-state index >= 15 is 0 Å². The summed E-state index contributed by atoms with van der Waals surface area (Å²) in [4.78, 5) is 13.9. The predicted octanol–water partition coefficient (Wildman–Crippen LogP) is 5.20. The predicted molar refractivity (Wildman–Crippen MR) is 90.5 cm³/mol. The summed E-state index contributed by atoms with van der Waals surface area (Å²) in [6, 6.07) is 5.82. The maximum atomic E-state index is 11.5. The molecule has 1 aromatic carbocycles. The minimum absolute atomic E-state index is 0.0233. The van der Waals surface area contributed by atoms with Crippen molar-refractivity contribution in [3.63, 3.8) is 0 Å². The van der Waals surface area contributed by atoms with Crippen LogP contribution in [0.2, 0.25) is 5.02 Å². The molecular weight excluding hydrogens is 282 g/mol. The topological polar surface area (TPSA) is 20.3 Å². The molecule has 0 spiro atoms. The lowest BCUT2D eigenvalue weighted by Crippen LogP contribution is -2.26. The maximum absolute atomic E-state index is 11.5. The monoisotopic (exact) mass is 307 g/mol. The normalized spacial score (nSPS) is 20.2. The lowest BCUT2D eigenvalue weighted by molar-refractivity contribution is 0.101. The molecule has 1 aromatic rings. The summed E-state index contributed by atoms with van der Waals surface area (Å²) in [6.45, 7) is 10.7. The molecule has 116 valence electrons. The van der Waals surface area contributed by atoms with Gasteiger partial charge in [0, 0.05) is 24.3 Å². The highest BCUT2D eigenvalue weighted by molar-refractivity contribution is 6.34. The van der Waals surface area contributed by atoms with Crippen LogP contribution in [0.3, 0.4) is 0 Å². The van der Waals surface area contributed by atoms with Gasteiger partial charge in [-0.3, -0.25) is 4.79 Å². The smallest absolute Gasteiger partial charge is 0.161 e. The van der Waals surface area contributed by atoms with Crippen LogP contribution in [-0.2, 0) is 0 Å². The highest BCUT2D eigenvalue weighted by Gasteiger charge is 2.27. The average molecular weight is 308 g/mol. The van der Waals surface area contributed by atoms with Gasteiger partial charge >= 0.3 is 0 Å². The Labute approximate surface area is 133 Å². The Kier molecular flexibility index (Phi) is 4.98. The quantitative estimate of drug-likeness (QED) is 0.700. The maximum Gasteiger partial charge on any atom is 0.161 e. The molecule has 1 heterocycles. The number of Topliss-reactive ketones (excluding diaryl/α,β-unsaturated/α-hetero) is 1. The summed E-state index contributed by atoms with van der Waals surface area (Å²) < 4.78 is 0. The van der Waals surface area contributed by atoms with E-state index in [1.807, 2.05) is 18.2 Å². The van der Waals surface area contributed by atoms with Gasteiger partial charge in [-0.1, -0.05) is 32.4 Å². The SMILES string of the molecule is CC(=O)c1ccc(N2CCCC(C(C)(C)C)CC2)cc1Cl. The first kappa shape index (κ1) is 16.4. The molecule has 1 aliphatic heterocycles. The molecule has 0 aromatic heterocycles. The number of halogens is 1. The molecule has 1 saturated heterocycles.